The fourth-order valence-electron chi connectivity index (χ4n) is 4.55. The number of carbonyl (C=O) groups is 1. The van der Waals surface area contributed by atoms with Gasteiger partial charge in [0, 0.05) is 30.9 Å². The van der Waals surface area contributed by atoms with Crippen LogP contribution in [0.4, 0.5) is 0 Å². The number of para-hydroxylation sites is 1. The Kier molecular flexibility index (Phi) is 7.79. The van der Waals surface area contributed by atoms with Gasteiger partial charge in [-0.15, -0.1) is 0 Å². The molecule has 0 radical (unpaired) electrons. The molecule has 2 heterocycles. The van der Waals surface area contributed by atoms with Crippen LogP contribution in [0.25, 0.3) is 11.3 Å². The van der Waals surface area contributed by atoms with E-state index in [1.165, 1.54) is 25.8 Å². The van der Waals surface area contributed by atoms with Crippen LogP contribution in [0, 0.1) is 0 Å². The predicted octanol–water partition coefficient (Wildman–Crippen LogP) is 4.60. The van der Waals surface area contributed by atoms with Crippen molar-refractivity contribution in [3.8, 4) is 17.0 Å². The lowest BCUT2D eigenvalue weighted by Crippen LogP contribution is -2.39. The molecule has 0 aliphatic carbocycles. The summed E-state index contributed by atoms with van der Waals surface area (Å²) in [5.41, 5.74) is 3.17. The lowest BCUT2D eigenvalue weighted by atomic mass is 10.0. The van der Waals surface area contributed by atoms with Gasteiger partial charge in [-0.25, -0.2) is 0 Å². The number of carbonyl (C=O) groups excluding carboxylic acids is 1. The predicted molar refractivity (Wildman–Crippen MR) is 132 cm³/mol. The van der Waals surface area contributed by atoms with Crippen molar-refractivity contribution in [2.24, 2.45) is 0 Å². The molecule has 6 nitrogen and oxygen atoms in total. The summed E-state index contributed by atoms with van der Waals surface area (Å²) in [5, 5.41) is 7.90. The fourth-order valence-corrected chi connectivity index (χ4v) is 4.55. The first kappa shape index (κ1) is 23.1. The van der Waals surface area contributed by atoms with E-state index in [0.29, 0.717) is 36.1 Å². The van der Waals surface area contributed by atoms with Gasteiger partial charge in [-0.3, -0.25) is 9.48 Å². The summed E-state index contributed by atoms with van der Waals surface area (Å²) in [5.74, 6) is 0.609. The number of hydrogen-bond acceptors (Lipinski definition) is 4. The van der Waals surface area contributed by atoms with E-state index in [0.717, 1.165) is 24.1 Å². The van der Waals surface area contributed by atoms with Crippen molar-refractivity contribution in [1.29, 1.82) is 0 Å². The highest BCUT2D eigenvalue weighted by atomic mass is 16.5. The summed E-state index contributed by atoms with van der Waals surface area (Å²) >= 11 is 0. The van der Waals surface area contributed by atoms with E-state index in [4.69, 9.17) is 9.84 Å². The number of nitrogens with one attached hydrogen (secondary N) is 1. The molecule has 0 saturated carbocycles. The van der Waals surface area contributed by atoms with E-state index >= 15 is 0 Å². The second-order valence-corrected chi connectivity index (χ2v) is 8.77. The highest BCUT2D eigenvalue weighted by molar-refractivity contribution is 6.00. The van der Waals surface area contributed by atoms with Gasteiger partial charge >= 0.3 is 0 Å². The van der Waals surface area contributed by atoms with Gasteiger partial charge in [0.1, 0.15) is 11.4 Å². The first-order valence-corrected chi connectivity index (χ1v) is 11.9. The Balaban J connectivity index is 1.49. The van der Waals surface area contributed by atoms with E-state index in [9.17, 15) is 4.79 Å². The quantitative estimate of drug-likeness (QED) is 0.488. The smallest absolute Gasteiger partial charge is 0.255 e. The zero-order valence-corrected chi connectivity index (χ0v) is 19.7. The van der Waals surface area contributed by atoms with E-state index < -0.39 is 0 Å². The second kappa shape index (κ2) is 11.1. The zero-order valence-electron chi connectivity index (χ0n) is 19.7. The minimum absolute atomic E-state index is 0.0955. The van der Waals surface area contributed by atoms with E-state index in [2.05, 4.69) is 29.3 Å². The van der Waals surface area contributed by atoms with E-state index in [1.54, 1.807) is 7.11 Å². The number of piperidine rings is 1. The molecule has 1 aromatic heterocycles. The molecule has 1 aliphatic heterocycles. The molecule has 1 atom stereocenters. The topological polar surface area (TPSA) is 59.4 Å². The SMILES string of the molecule is COc1ccccc1-c1nn(Cc2ccccc2)cc1C(=O)NCCCN1CCCCC1C. The van der Waals surface area contributed by atoms with Crippen LogP contribution in [-0.2, 0) is 6.54 Å². The lowest BCUT2D eigenvalue weighted by molar-refractivity contribution is 0.0949. The number of hydrogen-bond donors (Lipinski definition) is 1. The molecule has 1 unspecified atom stereocenters. The Hall–Kier alpha value is -3.12. The molecule has 6 heteroatoms. The molecule has 1 fully saturated rings. The fraction of sp³-hybridized carbons (Fsp3) is 0.407. The van der Waals surface area contributed by atoms with Gasteiger partial charge in [0.05, 0.1) is 19.2 Å². The molecule has 1 N–H and O–H groups in total. The Bertz CT molecular complexity index is 1050. The third-order valence-corrected chi connectivity index (χ3v) is 6.40. The molecular formula is C27H34N4O2. The summed E-state index contributed by atoms with van der Waals surface area (Å²) in [4.78, 5) is 15.7. The summed E-state index contributed by atoms with van der Waals surface area (Å²) in [6.07, 6.45) is 6.66. The molecule has 33 heavy (non-hydrogen) atoms. The van der Waals surface area contributed by atoms with Gasteiger partial charge in [-0.05, 0) is 50.4 Å². The zero-order chi connectivity index (χ0) is 23.0. The standard InChI is InChI=1S/C27H34N4O2/c1-21-11-8-9-17-30(21)18-10-16-28-27(32)24-20-31(19-22-12-4-3-5-13-22)29-26(24)23-14-6-7-15-25(23)33-2/h3-7,12-15,20-21H,8-11,16-19H2,1-2H3,(H,28,32). The maximum atomic E-state index is 13.2. The molecule has 1 amide bonds. The molecular weight excluding hydrogens is 412 g/mol. The van der Waals surface area contributed by atoms with Crippen molar-refractivity contribution in [1.82, 2.24) is 20.0 Å². The van der Waals surface area contributed by atoms with Gasteiger partial charge in [0.2, 0.25) is 0 Å². The van der Waals surface area contributed by atoms with Crippen LogP contribution in [0.5, 0.6) is 5.75 Å². The Morgan fingerprint density at radius 2 is 1.91 bits per heavy atom. The van der Waals surface area contributed by atoms with Crippen molar-refractivity contribution in [2.45, 2.75) is 45.2 Å². The van der Waals surface area contributed by atoms with Crippen LogP contribution < -0.4 is 10.1 Å². The molecule has 174 valence electrons. The largest absolute Gasteiger partial charge is 0.496 e. The third-order valence-electron chi connectivity index (χ3n) is 6.40. The lowest BCUT2D eigenvalue weighted by Gasteiger charge is -2.33. The number of ether oxygens (including phenoxy) is 1. The van der Waals surface area contributed by atoms with Crippen molar-refractivity contribution in [3.63, 3.8) is 0 Å². The van der Waals surface area contributed by atoms with Gasteiger partial charge in [-0.2, -0.15) is 5.10 Å². The average Bonchev–Trinajstić information content (AvgIpc) is 3.27. The molecule has 4 rings (SSSR count). The van der Waals surface area contributed by atoms with Gasteiger partial charge in [0.25, 0.3) is 5.91 Å². The summed E-state index contributed by atoms with van der Waals surface area (Å²) in [7, 11) is 1.64. The van der Waals surface area contributed by atoms with Crippen molar-refractivity contribution < 1.29 is 9.53 Å². The van der Waals surface area contributed by atoms with Crippen LogP contribution in [0.2, 0.25) is 0 Å². The van der Waals surface area contributed by atoms with E-state index in [-0.39, 0.29) is 5.91 Å². The molecule has 0 bridgehead atoms. The van der Waals surface area contributed by atoms with Crippen molar-refractivity contribution in [2.75, 3.05) is 26.7 Å². The number of nitrogens with zero attached hydrogens (tertiary/aromatic N) is 3. The Labute approximate surface area is 196 Å². The highest BCUT2D eigenvalue weighted by Gasteiger charge is 2.21. The molecule has 1 saturated heterocycles. The number of likely N-dealkylation sites (tertiary alicyclic amines) is 1. The minimum atomic E-state index is -0.0955. The maximum absolute atomic E-state index is 13.2. The summed E-state index contributed by atoms with van der Waals surface area (Å²) < 4.78 is 7.39. The first-order valence-electron chi connectivity index (χ1n) is 11.9. The monoisotopic (exact) mass is 446 g/mol. The number of benzene rings is 2. The normalized spacial score (nSPS) is 16.5. The summed E-state index contributed by atoms with van der Waals surface area (Å²) in [6.45, 7) is 5.74. The van der Waals surface area contributed by atoms with Crippen molar-refractivity contribution in [3.05, 3.63) is 71.9 Å². The maximum Gasteiger partial charge on any atom is 0.255 e. The Morgan fingerprint density at radius 1 is 1.12 bits per heavy atom. The molecule has 0 spiro atoms. The van der Waals surface area contributed by atoms with Crippen LogP contribution in [0.3, 0.4) is 0 Å². The van der Waals surface area contributed by atoms with Crippen LogP contribution in [0.1, 0.15) is 48.5 Å². The molecule has 2 aromatic carbocycles. The number of aromatic nitrogens is 2. The molecule has 3 aromatic rings. The number of amides is 1. The average molecular weight is 447 g/mol. The Morgan fingerprint density at radius 3 is 2.70 bits per heavy atom. The van der Waals surface area contributed by atoms with Crippen LogP contribution >= 0.6 is 0 Å². The first-order chi connectivity index (χ1) is 16.2. The minimum Gasteiger partial charge on any atom is -0.496 e. The van der Waals surface area contributed by atoms with Crippen molar-refractivity contribution >= 4 is 5.91 Å². The number of rotatable bonds is 9. The van der Waals surface area contributed by atoms with E-state index in [1.807, 2.05) is 53.3 Å². The van der Waals surface area contributed by atoms with Crippen LogP contribution in [0.15, 0.2) is 60.8 Å². The van der Waals surface area contributed by atoms with Gasteiger partial charge in [-0.1, -0.05) is 48.9 Å². The third kappa shape index (κ3) is 5.82. The second-order valence-electron chi connectivity index (χ2n) is 8.77. The van der Waals surface area contributed by atoms with Gasteiger partial charge in [0.15, 0.2) is 0 Å². The number of methoxy groups -OCH3 is 1. The summed E-state index contributed by atoms with van der Waals surface area (Å²) in [6, 6.07) is 18.5. The van der Waals surface area contributed by atoms with Crippen LogP contribution in [-0.4, -0.2) is 53.4 Å². The highest BCUT2D eigenvalue weighted by Crippen LogP contribution is 2.31. The molecule has 1 aliphatic rings. The van der Waals surface area contributed by atoms with Gasteiger partial charge < -0.3 is 15.0 Å².